The fourth-order valence-corrected chi connectivity index (χ4v) is 2.14. The van der Waals surface area contributed by atoms with E-state index >= 15 is 0 Å². The van der Waals surface area contributed by atoms with Gasteiger partial charge in [-0.1, -0.05) is 12.1 Å². The topological polar surface area (TPSA) is 67.6 Å². The van der Waals surface area contributed by atoms with E-state index in [2.05, 4.69) is 5.32 Å². The van der Waals surface area contributed by atoms with Crippen LogP contribution in [0.2, 0.25) is 0 Å². The molecule has 1 aromatic rings. The second-order valence-corrected chi connectivity index (χ2v) is 4.97. The van der Waals surface area contributed by atoms with Gasteiger partial charge in [-0.2, -0.15) is 0 Å². The van der Waals surface area contributed by atoms with Gasteiger partial charge in [-0.3, -0.25) is 0 Å². The number of hydrogen-bond acceptors (Lipinski definition) is 3. The van der Waals surface area contributed by atoms with Crippen molar-refractivity contribution in [2.75, 3.05) is 26.0 Å². The van der Waals surface area contributed by atoms with Crippen LogP contribution in [0.1, 0.15) is 24.9 Å². The van der Waals surface area contributed by atoms with Gasteiger partial charge in [-0.05, 0) is 31.0 Å². The highest BCUT2D eigenvalue weighted by Gasteiger charge is 2.22. The molecular formula is C14H21N3O2. The summed E-state index contributed by atoms with van der Waals surface area (Å²) in [7, 11) is 1.79. The first-order valence-electron chi connectivity index (χ1n) is 6.54. The van der Waals surface area contributed by atoms with Crippen molar-refractivity contribution in [1.29, 1.82) is 0 Å². The molecule has 1 heterocycles. The molecule has 5 heteroatoms. The van der Waals surface area contributed by atoms with E-state index in [1.807, 2.05) is 31.2 Å². The van der Waals surface area contributed by atoms with Crippen LogP contribution in [0.4, 0.5) is 10.5 Å². The van der Waals surface area contributed by atoms with Crippen LogP contribution in [0.3, 0.4) is 0 Å². The molecule has 1 aliphatic heterocycles. The van der Waals surface area contributed by atoms with E-state index in [1.165, 1.54) is 0 Å². The third-order valence-corrected chi connectivity index (χ3v) is 3.55. The van der Waals surface area contributed by atoms with Crippen LogP contribution >= 0.6 is 0 Å². The van der Waals surface area contributed by atoms with Crippen LogP contribution in [0.15, 0.2) is 24.3 Å². The SMILES string of the molecule is CC(c1cccc(N)c1)N(C)C(=O)NC1CCOC1. The second kappa shape index (κ2) is 5.93. The average molecular weight is 263 g/mol. The fraction of sp³-hybridized carbons (Fsp3) is 0.500. The molecule has 2 atom stereocenters. The Morgan fingerprint density at radius 2 is 2.37 bits per heavy atom. The van der Waals surface area contributed by atoms with Gasteiger partial charge in [0.25, 0.3) is 0 Å². The molecule has 19 heavy (non-hydrogen) atoms. The van der Waals surface area contributed by atoms with E-state index < -0.39 is 0 Å². The molecule has 3 N–H and O–H groups in total. The number of hydrogen-bond donors (Lipinski definition) is 2. The Bertz CT molecular complexity index is 444. The number of nitrogens with zero attached hydrogens (tertiary/aromatic N) is 1. The first kappa shape index (κ1) is 13.7. The summed E-state index contributed by atoms with van der Waals surface area (Å²) in [5, 5.41) is 2.97. The highest BCUT2D eigenvalue weighted by Crippen LogP contribution is 2.20. The predicted molar refractivity (Wildman–Crippen MR) is 74.8 cm³/mol. The minimum Gasteiger partial charge on any atom is -0.399 e. The van der Waals surface area contributed by atoms with Crippen LogP contribution < -0.4 is 11.1 Å². The van der Waals surface area contributed by atoms with Crippen LogP contribution in [0.5, 0.6) is 0 Å². The van der Waals surface area contributed by atoms with Gasteiger partial charge in [0.2, 0.25) is 0 Å². The van der Waals surface area contributed by atoms with E-state index in [9.17, 15) is 4.79 Å². The van der Waals surface area contributed by atoms with Crippen molar-refractivity contribution < 1.29 is 9.53 Å². The molecule has 0 saturated carbocycles. The second-order valence-electron chi connectivity index (χ2n) is 4.97. The zero-order chi connectivity index (χ0) is 13.8. The number of nitrogen functional groups attached to an aromatic ring is 1. The number of anilines is 1. The van der Waals surface area contributed by atoms with Crippen molar-refractivity contribution in [2.45, 2.75) is 25.4 Å². The van der Waals surface area contributed by atoms with E-state index in [1.54, 1.807) is 11.9 Å². The Morgan fingerprint density at radius 1 is 1.58 bits per heavy atom. The van der Waals surface area contributed by atoms with Crippen molar-refractivity contribution in [2.24, 2.45) is 0 Å². The standard InChI is InChI=1S/C14H21N3O2/c1-10(11-4-3-5-12(15)8-11)17(2)14(18)16-13-6-7-19-9-13/h3-5,8,10,13H,6-7,9,15H2,1-2H3,(H,16,18). The van der Waals surface area contributed by atoms with E-state index in [0.717, 1.165) is 18.6 Å². The monoisotopic (exact) mass is 263 g/mol. The number of carbonyl (C=O) groups excluding carboxylic acids is 1. The summed E-state index contributed by atoms with van der Waals surface area (Å²) in [5.41, 5.74) is 7.51. The summed E-state index contributed by atoms with van der Waals surface area (Å²) < 4.78 is 5.25. The maximum absolute atomic E-state index is 12.1. The number of nitrogens with two attached hydrogens (primary N) is 1. The van der Waals surface area contributed by atoms with E-state index in [4.69, 9.17) is 10.5 Å². The number of amides is 2. The number of urea groups is 1. The largest absolute Gasteiger partial charge is 0.399 e. The summed E-state index contributed by atoms with van der Waals surface area (Å²) in [5.74, 6) is 0. The van der Waals surface area contributed by atoms with Crippen LogP contribution in [0, 0.1) is 0 Å². The van der Waals surface area contributed by atoms with Crippen molar-refractivity contribution in [3.05, 3.63) is 29.8 Å². The molecule has 0 aromatic heterocycles. The van der Waals surface area contributed by atoms with Gasteiger partial charge in [0, 0.05) is 19.3 Å². The number of benzene rings is 1. The molecule has 2 amide bonds. The molecule has 0 spiro atoms. The summed E-state index contributed by atoms with van der Waals surface area (Å²) in [6.45, 7) is 3.31. The molecule has 0 radical (unpaired) electrons. The Kier molecular flexibility index (Phi) is 4.27. The van der Waals surface area contributed by atoms with E-state index in [-0.39, 0.29) is 18.1 Å². The molecule has 5 nitrogen and oxygen atoms in total. The predicted octanol–water partition coefficient (Wildman–Crippen LogP) is 1.76. The molecule has 1 fully saturated rings. The number of carbonyl (C=O) groups is 1. The Morgan fingerprint density at radius 3 is 3.00 bits per heavy atom. The molecule has 0 aliphatic carbocycles. The van der Waals surface area contributed by atoms with Gasteiger partial charge in [-0.15, -0.1) is 0 Å². The molecule has 0 bridgehead atoms. The van der Waals surface area contributed by atoms with Gasteiger partial charge in [0.15, 0.2) is 0 Å². The summed E-state index contributed by atoms with van der Waals surface area (Å²) in [4.78, 5) is 13.8. The van der Waals surface area contributed by atoms with Crippen LogP contribution in [0.25, 0.3) is 0 Å². The van der Waals surface area contributed by atoms with E-state index in [0.29, 0.717) is 12.3 Å². The molecule has 1 saturated heterocycles. The Balaban J connectivity index is 1.97. The van der Waals surface area contributed by atoms with Crippen LogP contribution in [-0.2, 0) is 4.74 Å². The van der Waals surface area contributed by atoms with Gasteiger partial charge in [0.05, 0.1) is 18.7 Å². The van der Waals surface area contributed by atoms with Gasteiger partial charge in [-0.25, -0.2) is 4.79 Å². The van der Waals surface area contributed by atoms with Crippen LogP contribution in [-0.4, -0.2) is 37.2 Å². The number of rotatable bonds is 3. The lowest BCUT2D eigenvalue weighted by atomic mass is 10.1. The molecule has 1 aromatic carbocycles. The van der Waals surface area contributed by atoms with Gasteiger partial charge < -0.3 is 20.7 Å². The van der Waals surface area contributed by atoms with Crippen molar-refractivity contribution in [3.63, 3.8) is 0 Å². The number of nitrogens with one attached hydrogen (secondary N) is 1. The van der Waals surface area contributed by atoms with Crippen molar-refractivity contribution in [1.82, 2.24) is 10.2 Å². The molecular weight excluding hydrogens is 242 g/mol. The molecule has 1 aliphatic rings. The van der Waals surface area contributed by atoms with Gasteiger partial charge in [0.1, 0.15) is 0 Å². The lowest BCUT2D eigenvalue weighted by Gasteiger charge is -2.27. The smallest absolute Gasteiger partial charge is 0.317 e. The fourth-order valence-electron chi connectivity index (χ4n) is 2.14. The number of ether oxygens (including phenoxy) is 1. The first-order chi connectivity index (χ1) is 9.08. The third kappa shape index (κ3) is 3.38. The van der Waals surface area contributed by atoms with Gasteiger partial charge >= 0.3 is 6.03 Å². The lowest BCUT2D eigenvalue weighted by molar-refractivity contribution is 0.176. The minimum absolute atomic E-state index is 0.0224. The zero-order valence-corrected chi connectivity index (χ0v) is 11.4. The highest BCUT2D eigenvalue weighted by molar-refractivity contribution is 5.74. The summed E-state index contributed by atoms with van der Waals surface area (Å²) in [6.07, 6.45) is 0.881. The lowest BCUT2D eigenvalue weighted by Crippen LogP contribution is -2.44. The molecule has 2 unspecified atom stereocenters. The van der Waals surface area contributed by atoms with Crippen molar-refractivity contribution >= 4 is 11.7 Å². The zero-order valence-electron chi connectivity index (χ0n) is 11.4. The Hall–Kier alpha value is -1.75. The normalized spacial score (nSPS) is 20.0. The average Bonchev–Trinajstić information content (AvgIpc) is 2.89. The quantitative estimate of drug-likeness (QED) is 0.817. The summed E-state index contributed by atoms with van der Waals surface area (Å²) >= 11 is 0. The summed E-state index contributed by atoms with van der Waals surface area (Å²) in [6, 6.07) is 7.64. The Labute approximate surface area is 113 Å². The maximum atomic E-state index is 12.1. The third-order valence-electron chi connectivity index (χ3n) is 3.55. The first-order valence-corrected chi connectivity index (χ1v) is 6.54. The molecule has 104 valence electrons. The molecule has 2 rings (SSSR count). The minimum atomic E-state index is -0.0783. The van der Waals surface area contributed by atoms with Crippen molar-refractivity contribution in [3.8, 4) is 0 Å². The highest BCUT2D eigenvalue weighted by atomic mass is 16.5. The maximum Gasteiger partial charge on any atom is 0.317 e.